The zero-order valence-corrected chi connectivity index (χ0v) is 19.9. The predicted molar refractivity (Wildman–Crippen MR) is 126 cm³/mol. The Morgan fingerprint density at radius 2 is 0.516 bits per heavy atom. The van der Waals surface area contributed by atoms with Gasteiger partial charge in [-0.2, -0.15) is 0 Å². The smallest absolute Gasteiger partial charge is 0.303 e. The molecule has 0 aromatic carbocycles. The molecule has 5 nitrogen and oxygen atoms in total. The number of hydrogen-bond acceptors (Lipinski definition) is 3. The summed E-state index contributed by atoms with van der Waals surface area (Å²) in [4.78, 5) is 32.8. The van der Waals surface area contributed by atoms with Crippen LogP contribution >= 0.6 is 0 Å². The summed E-state index contributed by atoms with van der Waals surface area (Å²) in [6, 6.07) is 0. The van der Waals surface area contributed by atoms with Crippen molar-refractivity contribution in [3.05, 3.63) is 0 Å². The lowest BCUT2D eigenvalue weighted by Gasteiger charge is -2.04. The third-order valence-electron chi connectivity index (χ3n) is 5.94. The molecule has 0 aliphatic carbocycles. The number of carboxylic acids is 2. The molecule has 0 aliphatic heterocycles. The van der Waals surface area contributed by atoms with Crippen LogP contribution in [0.4, 0.5) is 0 Å². The zero-order valence-electron chi connectivity index (χ0n) is 19.9. The number of carbonyl (C=O) groups excluding carboxylic acids is 1. The van der Waals surface area contributed by atoms with E-state index < -0.39 is 11.9 Å². The summed E-state index contributed by atoms with van der Waals surface area (Å²) in [6.45, 7) is 0. The molecule has 0 unspecified atom stereocenters. The lowest BCUT2D eigenvalue weighted by molar-refractivity contribution is -0.138. The monoisotopic (exact) mass is 440 g/mol. The van der Waals surface area contributed by atoms with Gasteiger partial charge in [0, 0.05) is 25.7 Å². The number of unbranched alkanes of at least 4 members (excludes halogenated alkanes) is 17. The minimum Gasteiger partial charge on any atom is -0.481 e. The average molecular weight is 441 g/mol. The standard InChI is InChI=1S/C26H48O5/c27-24(21-17-13-9-7-11-15-19-23-26(30)31)20-16-12-8-5-3-1-2-4-6-10-14-18-22-25(28)29/h1-23H2,(H,28,29)(H,30,31). The first kappa shape index (κ1) is 29.6. The van der Waals surface area contributed by atoms with Crippen LogP contribution in [0, 0.1) is 0 Å². The van der Waals surface area contributed by atoms with Crippen molar-refractivity contribution in [3.8, 4) is 0 Å². The Morgan fingerprint density at radius 3 is 0.742 bits per heavy atom. The Kier molecular flexibility index (Phi) is 22.2. The fourth-order valence-corrected chi connectivity index (χ4v) is 3.97. The predicted octanol–water partition coefficient (Wildman–Crippen LogP) is 7.70. The minimum atomic E-state index is -0.701. The van der Waals surface area contributed by atoms with Gasteiger partial charge in [0.2, 0.25) is 0 Å². The van der Waals surface area contributed by atoms with E-state index in [-0.39, 0.29) is 6.42 Å². The van der Waals surface area contributed by atoms with Crippen molar-refractivity contribution < 1.29 is 24.6 Å². The van der Waals surface area contributed by atoms with Crippen molar-refractivity contribution >= 4 is 17.7 Å². The van der Waals surface area contributed by atoms with Gasteiger partial charge in [-0.25, -0.2) is 0 Å². The summed E-state index contributed by atoms with van der Waals surface area (Å²) >= 11 is 0. The molecule has 0 saturated carbocycles. The molecule has 0 radical (unpaired) electrons. The molecule has 0 spiro atoms. The summed E-state index contributed by atoms with van der Waals surface area (Å²) in [5.41, 5.74) is 0. The van der Waals surface area contributed by atoms with Crippen LogP contribution in [-0.2, 0) is 14.4 Å². The molecular formula is C26H48O5. The van der Waals surface area contributed by atoms with Gasteiger partial charge in [0.15, 0.2) is 0 Å². The lowest BCUT2D eigenvalue weighted by Crippen LogP contribution is -1.97. The van der Waals surface area contributed by atoms with Gasteiger partial charge in [-0.3, -0.25) is 14.4 Å². The highest BCUT2D eigenvalue weighted by molar-refractivity contribution is 5.78. The molecule has 182 valence electrons. The number of carboxylic acid groups (broad SMARTS) is 2. The van der Waals surface area contributed by atoms with Gasteiger partial charge in [-0.05, 0) is 25.7 Å². The molecule has 31 heavy (non-hydrogen) atoms. The maximum absolute atomic E-state index is 11.9. The Hall–Kier alpha value is -1.39. The first-order valence-corrected chi connectivity index (χ1v) is 13.0. The molecule has 5 heteroatoms. The van der Waals surface area contributed by atoms with E-state index in [4.69, 9.17) is 10.2 Å². The van der Waals surface area contributed by atoms with Crippen molar-refractivity contribution in [2.75, 3.05) is 0 Å². The second-order valence-corrected chi connectivity index (χ2v) is 9.04. The molecule has 0 atom stereocenters. The zero-order chi connectivity index (χ0) is 23.0. The van der Waals surface area contributed by atoms with Crippen molar-refractivity contribution in [1.29, 1.82) is 0 Å². The van der Waals surface area contributed by atoms with Gasteiger partial charge in [-0.15, -0.1) is 0 Å². The molecule has 0 rings (SSSR count). The minimum absolute atomic E-state index is 0.285. The fraction of sp³-hybridized carbons (Fsp3) is 0.885. The second-order valence-electron chi connectivity index (χ2n) is 9.04. The molecule has 0 aromatic rings. The molecule has 0 fully saturated rings. The van der Waals surface area contributed by atoms with Gasteiger partial charge < -0.3 is 10.2 Å². The topological polar surface area (TPSA) is 91.7 Å². The van der Waals surface area contributed by atoms with E-state index in [9.17, 15) is 14.4 Å². The fourth-order valence-electron chi connectivity index (χ4n) is 3.97. The molecule has 0 aromatic heterocycles. The average Bonchev–Trinajstić information content (AvgIpc) is 2.72. The Morgan fingerprint density at radius 1 is 0.323 bits per heavy atom. The van der Waals surface area contributed by atoms with Crippen LogP contribution in [0.2, 0.25) is 0 Å². The normalized spacial score (nSPS) is 11.0. The number of ketones is 1. The summed E-state index contributed by atoms with van der Waals surface area (Å²) in [5.74, 6) is -0.961. The quantitative estimate of drug-likeness (QED) is 0.142. The van der Waals surface area contributed by atoms with Crippen LogP contribution < -0.4 is 0 Å². The molecule has 0 bridgehead atoms. The van der Waals surface area contributed by atoms with Crippen LogP contribution in [0.1, 0.15) is 148 Å². The molecule has 0 saturated heterocycles. The van der Waals surface area contributed by atoms with Gasteiger partial charge in [-0.1, -0.05) is 96.3 Å². The summed E-state index contributed by atoms with van der Waals surface area (Å²) < 4.78 is 0. The Bertz CT molecular complexity index is 447. The maximum atomic E-state index is 11.9. The van der Waals surface area contributed by atoms with Gasteiger partial charge in [0.25, 0.3) is 0 Å². The van der Waals surface area contributed by atoms with Gasteiger partial charge in [0.05, 0.1) is 0 Å². The van der Waals surface area contributed by atoms with Gasteiger partial charge in [0.1, 0.15) is 5.78 Å². The van der Waals surface area contributed by atoms with Crippen molar-refractivity contribution in [3.63, 3.8) is 0 Å². The van der Waals surface area contributed by atoms with Gasteiger partial charge >= 0.3 is 11.9 Å². The highest BCUT2D eigenvalue weighted by Gasteiger charge is 2.02. The van der Waals surface area contributed by atoms with Crippen LogP contribution in [0.15, 0.2) is 0 Å². The molecule has 0 heterocycles. The molecule has 2 N–H and O–H groups in total. The lowest BCUT2D eigenvalue weighted by atomic mass is 10.0. The number of hydrogen-bond donors (Lipinski definition) is 2. The SMILES string of the molecule is O=C(O)CCCCCCCCCCCCCCC(=O)CCCCCCCCCC(=O)O. The van der Waals surface area contributed by atoms with Crippen LogP contribution in [-0.4, -0.2) is 27.9 Å². The number of rotatable bonds is 25. The third-order valence-corrected chi connectivity index (χ3v) is 5.94. The van der Waals surface area contributed by atoms with Crippen LogP contribution in [0.3, 0.4) is 0 Å². The molecular weight excluding hydrogens is 392 g/mol. The molecule has 0 aliphatic rings. The Balaban J connectivity index is 3.17. The van der Waals surface area contributed by atoms with Crippen molar-refractivity contribution in [2.45, 2.75) is 148 Å². The number of Topliss-reactive ketones (excluding diaryl/α,β-unsaturated/α-hetero) is 1. The molecule has 0 amide bonds. The van der Waals surface area contributed by atoms with E-state index in [2.05, 4.69) is 0 Å². The van der Waals surface area contributed by atoms with Crippen LogP contribution in [0.25, 0.3) is 0 Å². The van der Waals surface area contributed by atoms with E-state index in [1.807, 2.05) is 0 Å². The largest absolute Gasteiger partial charge is 0.481 e. The highest BCUT2D eigenvalue weighted by Crippen LogP contribution is 2.14. The summed E-state index contributed by atoms with van der Waals surface area (Å²) in [7, 11) is 0. The Labute approximate surface area is 190 Å². The van der Waals surface area contributed by atoms with E-state index >= 15 is 0 Å². The number of aliphatic carboxylic acids is 2. The van der Waals surface area contributed by atoms with E-state index in [1.165, 1.54) is 51.4 Å². The number of carbonyl (C=O) groups is 3. The first-order valence-electron chi connectivity index (χ1n) is 13.0. The van der Waals surface area contributed by atoms with E-state index in [0.29, 0.717) is 12.2 Å². The van der Waals surface area contributed by atoms with Crippen molar-refractivity contribution in [1.82, 2.24) is 0 Å². The second kappa shape index (κ2) is 23.3. The highest BCUT2D eigenvalue weighted by atomic mass is 16.4. The van der Waals surface area contributed by atoms with E-state index in [0.717, 1.165) is 83.5 Å². The van der Waals surface area contributed by atoms with E-state index in [1.54, 1.807) is 0 Å². The first-order chi connectivity index (χ1) is 15.0. The van der Waals surface area contributed by atoms with Crippen molar-refractivity contribution in [2.24, 2.45) is 0 Å². The summed E-state index contributed by atoms with van der Waals surface area (Å²) in [5, 5.41) is 17.2. The van der Waals surface area contributed by atoms with Crippen LogP contribution in [0.5, 0.6) is 0 Å². The summed E-state index contributed by atoms with van der Waals surface area (Å²) in [6.07, 6.45) is 23.5. The maximum Gasteiger partial charge on any atom is 0.303 e. The third kappa shape index (κ3) is 26.6.